The minimum atomic E-state index is -0.776. The molecule has 0 spiro atoms. The molecule has 1 heterocycles. The van der Waals surface area contributed by atoms with Crippen LogP contribution in [0.2, 0.25) is 0 Å². The summed E-state index contributed by atoms with van der Waals surface area (Å²) in [6.45, 7) is 3.27. The summed E-state index contributed by atoms with van der Waals surface area (Å²) in [5.74, 6) is -1.95. The monoisotopic (exact) mass is 366 g/mol. The van der Waals surface area contributed by atoms with Gasteiger partial charge in [-0.1, -0.05) is 0 Å². The molecule has 0 radical (unpaired) electrons. The third-order valence-electron chi connectivity index (χ3n) is 3.94. The number of benzene rings is 1. The van der Waals surface area contributed by atoms with Gasteiger partial charge in [0, 0.05) is 18.3 Å². The smallest absolute Gasteiger partial charge is 0.354 e. The quantitative estimate of drug-likeness (QED) is 0.556. The number of hydrogen-bond donors (Lipinski definition) is 1. The zero-order valence-electron chi connectivity index (χ0n) is 14.9. The molecule has 0 atom stereocenters. The standard InChI is InChI=1S/C18H23FN2O5/c1-24-17(22)12-15(18(23)25-2)20-13-5-6-16(14(19)11-13)26-10-9-21-7-3-4-8-21/h5-6,11-12,20H,3-4,7-10H2,1-2H3/b15-12+. The Morgan fingerprint density at radius 2 is 1.96 bits per heavy atom. The number of halogens is 1. The van der Waals surface area contributed by atoms with Crippen LogP contribution in [0.5, 0.6) is 5.75 Å². The average Bonchev–Trinajstić information content (AvgIpc) is 3.15. The summed E-state index contributed by atoms with van der Waals surface area (Å²) in [6.07, 6.45) is 3.32. The number of rotatable bonds is 8. The van der Waals surface area contributed by atoms with Crippen LogP contribution in [0.25, 0.3) is 0 Å². The molecular weight excluding hydrogens is 343 g/mol. The van der Waals surface area contributed by atoms with Crippen LogP contribution in [0.15, 0.2) is 30.0 Å². The molecule has 1 aliphatic heterocycles. The zero-order valence-corrected chi connectivity index (χ0v) is 14.9. The van der Waals surface area contributed by atoms with E-state index in [1.54, 1.807) is 6.07 Å². The highest BCUT2D eigenvalue weighted by Crippen LogP contribution is 2.22. The number of hydrogen-bond acceptors (Lipinski definition) is 7. The molecule has 0 aliphatic carbocycles. The van der Waals surface area contributed by atoms with Crippen LogP contribution in [0.4, 0.5) is 10.1 Å². The molecule has 1 aromatic carbocycles. The lowest BCUT2D eigenvalue weighted by Crippen LogP contribution is -2.25. The number of nitrogens with one attached hydrogen (secondary N) is 1. The molecule has 2 rings (SSSR count). The Morgan fingerprint density at radius 1 is 1.23 bits per heavy atom. The SMILES string of the molecule is COC(=O)/C=C(/Nc1ccc(OCCN2CCCC2)c(F)c1)C(=O)OC. The van der Waals surface area contributed by atoms with Crippen molar-refractivity contribution in [2.45, 2.75) is 12.8 Å². The van der Waals surface area contributed by atoms with Crippen LogP contribution in [-0.4, -0.2) is 57.3 Å². The number of ether oxygens (including phenoxy) is 3. The Hall–Kier alpha value is -2.61. The van der Waals surface area contributed by atoms with Gasteiger partial charge in [0.25, 0.3) is 0 Å². The van der Waals surface area contributed by atoms with Crippen molar-refractivity contribution in [2.75, 3.05) is 45.8 Å². The lowest BCUT2D eigenvalue weighted by Gasteiger charge is -2.15. The highest BCUT2D eigenvalue weighted by molar-refractivity contribution is 5.98. The van der Waals surface area contributed by atoms with Gasteiger partial charge in [-0.15, -0.1) is 0 Å². The number of anilines is 1. The van der Waals surface area contributed by atoms with E-state index in [9.17, 15) is 14.0 Å². The van der Waals surface area contributed by atoms with Crippen molar-refractivity contribution in [1.82, 2.24) is 4.90 Å². The first kappa shape index (κ1) is 19.7. The number of likely N-dealkylation sites (tertiary alicyclic amines) is 1. The molecule has 1 saturated heterocycles. The Kier molecular flexibility index (Phi) is 7.40. The Morgan fingerprint density at radius 3 is 2.58 bits per heavy atom. The average molecular weight is 366 g/mol. The first-order valence-corrected chi connectivity index (χ1v) is 8.33. The Labute approximate surface area is 151 Å². The van der Waals surface area contributed by atoms with E-state index in [-0.39, 0.29) is 17.1 Å². The lowest BCUT2D eigenvalue weighted by atomic mass is 10.2. The molecule has 0 unspecified atom stereocenters. The topological polar surface area (TPSA) is 77.1 Å². The molecular formula is C18H23FN2O5. The number of nitrogens with zero attached hydrogens (tertiary/aromatic N) is 1. The second-order valence-electron chi connectivity index (χ2n) is 5.74. The maximum absolute atomic E-state index is 14.2. The molecule has 8 heteroatoms. The fraction of sp³-hybridized carbons (Fsp3) is 0.444. The van der Waals surface area contributed by atoms with Crippen LogP contribution < -0.4 is 10.1 Å². The molecule has 1 aromatic rings. The first-order chi connectivity index (χ1) is 12.5. The molecule has 0 amide bonds. The molecule has 0 aromatic heterocycles. The fourth-order valence-electron chi connectivity index (χ4n) is 2.57. The predicted octanol–water partition coefficient (Wildman–Crippen LogP) is 1.94. The van der Waals surface area contributed by atoms with Crippen LogP contribution in [0, 0.1) is 5.82 Å². The molecule has 1 fully saturated rings. The largest absolute Gasteiger partial charge is 0.489 e. The predicted molar refractivity (Wildman–Crippen MR) is 93.3 cm³/mol. The van der Waals surface area contributed by atoms with E-state index >= 15 is 0 Å². The summed E-state index contributed by atoms with van der Waals surface area (Å²) in [5.41, 5.74) is 0.108. The highest BCUT2D eigenvalue weighted by Gasteiger charge is 2.15. The van der Waals surface area contributed by atoms with Gasteiger partial charge in [-0.25, -0.2) is 14.0 Å². The summed E-state index contributed by atoms with van der Waals surface area (Å²) < 4.78 is 28.8. The summed E-state index contributed by atoms with van der Waals surface area (Å²) in [4.78, 5) is 25.3. The second kappa shape index (κ2) is 9.76. The zero-order chi connectivity index (χ0) is 18.9. The highest BCUT2D eigenvalue weighted by atomic mass is 19.1. The molecule has 0 bridgehead atoms. The van der Waals surface area contributed by atoms with Gasteiger partial charge >= 0.3 is 11.9 Å². The van der Waals surface area contributed by atoms with Gasteiger partial charge in [0.05, 0.1) is 20.3 Å². The van der Waals surface area contributed by atoms with Crippen molar-refractivity contribution < 1.29 is 28.2 Å². The van der Waals surface area contributed by atoms with Crippen LogP contribution in [0.3, 0.4) is 0 Å². The third-order valence-corrected chi connectivity index (χ3v) is 3.94. The van der Waals surface area contributed by atoms with Crippen molar-refractivity contribution in [3.8, 4) is 5.75 Å². The Bertz CT molecular complexity index is 672. The minimum Gasteiger partial charge on any atom is -0.489 e. The number of carbonyl (C=O) groups excluding carboxylic acids is 2. The van der Waals surface area contributed by atoms with Crippen LogP contribution in [0.1, 0.15) is 12.8 Å². The minimum absolute atomic E-state index is 0.131. The molecule has 26 heavy (non-hydrogen) atoms. The third kappa shape index (κ3) is 5.73. The molecule has 1 aliphatic rings. The summed E-state index contributed by atoms with van der Waals surface area (Å²) in [7, 11) is 2.36. The van der Waals surface area contributed by atoms with Crippen molar-refractivity contribution in [1.29, 1.82) is 0 Å². The maximum atomic E-state index is 14.2. The van der Waals surface area contributed by atoms with Gasteiger partial charge < -0.3 is 19.5 Å². The molecule has 1 N–H and O–H groups in total. The summed E-state index contributed by atoms with van der Waals surface area (Å²) in [6, 6.07) is 4.19. The Balaban J connectivity index is 1.98. The van der Waals surface area contributed by atoms with Gasteiger partial charge in [-0.05, 0) is 38.1 Å². The second-order valence-corrected chi connectivity index (χ2v) is 5.74. The van der Waals surface area contributed by atoms with E-state index < -0.39 is 17.8 Å². The van der Waals surface area contributed by atoms with Crippen molar-refractivity contribution in [3.05, 3.63) is 35.8 Å². The van der Waals surface area contributed by atoms with Gasteiger partial charge in [-0.3, -0.25) is 4.90 Å². The van der Waals surface area contributed by atoms with Gasteiger partial charge in [0.1, 0.15) is 12.3 Å². The van der Waals surface area contributed by atoms with E-state index in [4.69, 9.17) is 4.74 Å². The molecule has 0 saturated carbocycles. The summed E-state index contributed by atoms with van der Waals surface area (Å²) >= 11 is 0. The van der Waals surface area contributed by atoms with E-state index in [0.717, 1.165) is 25.7 Å². The van der Waals surface area contributed by atoms with E-state index in [1.807, 2.05) is 0 Å². The number of carbonyl (C=O) groups is 2. The normalized spacial score (nSPS) is 14.8. The van der Waals surface area contributed by atoms with Gasteiger partial charge in [0.15, 0.2) is 11.6 Å². The van der Waals surface area contributed by atoms with Gasteiger partial charge in [0.2, 0.25) is 0 Å². The summed E-state index contributed by atoms with van der Waals surface area (Å²) in [5, 5.41) is 2.65. The first-order valence-electron chi connectivity index (χ1n) is 8.33. The van der Waals surface area contributed by atoms with Crippen LogP contribution >= 0.6 is 0 Å². The van der Waals surface area contributed by atoms with Crippen LogP contribution in [-0.2, 0) is 19.1 Å². The van der Waals surface area contributed by atoms with E-state index in [2.05, 4.69) is 19.7 Å². The number of esters is 2. The van der Waals surface area contributed by atoms with Crippen molar-refractivity contribution in [2.24, 2.45) is 0 Å². The van der Waals surface area contributed by atoms with E-state index in [0.29, 0.717) is 6.61 Å². The number of methoxy groups -OCH3 is 2. The van der Waals surface area contributed by atoms with E-state index in [1.165, 1.54) is 39.2 Å². The maximum Gasteiger partial charge on any atom is 0.354 e. The lowest BCUT2D eigenvalue weighted by molar-refractivity contribution is -0.138. The fourth-order valence-corrected chi connectivity index (χ4v) is 2.57. The van der Waals surface area contributed by atoms with Crippen molar-refractivity contribution >= 4 is 17.6 Å². The van der Waals surface area contributed by atoms with Crippen molar-refractivity contribution in [3.63, 3.8) is 0 Å². The van der Waals surface area contributed by atoms with Gasteiger partial charge in [-0.2, -0.15) is 0 Å². The molecule has 7 nitrogen and oxygen atoms in total. The molecule has 142 valence electrons.